The second-order valence-corrected chi connectivity index (χ2v) is 14.0. The second kappa shape index (κ2) is 15.5. The number of ether oxygens (including phenoxy) is 2. The van der Waals surface area contributed by atoms with Crippen LogP contribution in [0.4, 0.5) is 26.3 Å². The lowest BCUT2D eigenvalue weighted by atomic mass is 9.68. The first-order chi connectivity index (χ1) is 21.6. The fourth-order valence-corrected chi connectivity index (χ4v) is 8.15. The van der Waals surface area contributed by atoms with Crippen molar-refractivity contribution in [1.82, 2.24) is 0 Å². The van der Waals surface area contributed by atoms with Crippen molar-refractivity contribution in [3.05, 3.63) is 59.2 Å². The molecule has 0 aliphatic heterocycles. The molecule has 0 aromatic heterocycles. The fourth-order valence-electron chi connectivity index (χ4n) is 8.15. The van der Waals surface area contributed by atoms with Gasteiger partial charge in [0.2, 0.25) is 0 Å². The third kappa shape index (κ3) is 8.91. The van der Waals surface area contributed by atoms with Gasteiger partial charge in [-0.3, -0.25) is 0 Å². The first kappa shape index (κ1) is 34.0. The van der Waals surface area contributed by atoms with E-state index < -0.39 is 35.2 Å². The van der Waals surface area contributed by atoms with E-state index in [1.54, 1.807) is 12.1 Å². The topological polar surface area (TPSA) is 18.5 Å². The van der Waals surface area contributed by atoms with Crippen LogP contribution in [0.15, 0.2) is 30.3 Å². The van der Waals surface area contributed by atoms with Crippen molar-refractivity contribution in [3.63, 3.8) is 0 Å². The Hall–Kier alpha value is -2.38. The number of rotatable bonds is 12. The van der Waals surface area contributed by atoms with Crippen LogP contribution in [0.3, 0.4) is 0 Å². The minimum absolute atomic E-state index is 0.0291. The summed E-state index contributed by atoms with van der Waals surface area (Å²) in [5.74, 6) is -4.10. The molecule has 0 radical (unpaired) electrons. The Balaban J connectivity index is 1.03. The molecule has 8 heteroatoms. The quantitative estimate of drug-likeness (QED) is 0.131. The van der Waals surface area contributed by atoms with Crippen molar-refractivity contribution in [1.29, 1.82) is 0 Å². The van der Waals surface area contributed by atoms with E-state index in [0.717, 1.165) is 36.2 Å². The lowest BCUT2D eigenvalue weighted by Crippen LogP contribution is -2.38. The third-order valence-corrected chi connectivity index (χ3v) is 11.0. The van der Waals surface area contributed by atoms with Gasteiger partial charge in [-0.1, -0.05) is 51.5 Å². The molecular formula is C37H48F6O2. The molecule has 250 valence electrons. The van der Waals surface area contributed by atoms with Gasteiger partial charge < -0.3 is 9.47 Å². The fraction of sp³-hybridized carbons (Fsp3) is 0.676. The van der Waals surface area contributed by atoms with Gasteiger partial charge in [0.15, 0.2) is 29.0 Å². The highest BCUT2D eigenvalue weighted by Crippen LogP contribution is 2.45. The summed E-state index contributed by atoms with van der Waals surface area (Å²) in [6, 6.07) is 6.11. The zero-order valence-electron chi connectivity index (χ0n) is 26.5. The molecule has 0 unspecified atom stereocenters. The van der Waals surface area contributed by atoms with Gasteiger partial charge >= 0.3 is 6.11 Å². The van der Waals surface area contributed by atoms with Crippen molar-refractivity contribution in [2.75, 3.05) is 6.61 Å². The summed E-state index contributed by atoms with van der Waals surface area (Å²) in [5, 5.41) is 0. The summed E-state index contributed by atoms with van der Waals surface area (Å²) in [5.41, 5.74) is 1.03. The lowest BCUT2D eigenvalue weighted by Gasteiger charge is -2.38. The molecule has 3 fully saturated rings. The Morgan fingerprint density at radius 2 is 1.29 bits per heavy atom. The molecule has 0 saturated heterocycles. The van der Waals surface area contributed by atoms with Crippen LogP contribution < -0.4 is 9.47 Å². The van der Waals surface area contributed by atoms with Crippen LogP contribution in [-0.4, -0.2) is 12.7 Å². The highest BCUT2D eigenvalue weighted by Gasteiger charge is 2.44. The van der Waals surface area contributed by atoms with Crippen molar-refractivity contribution >= 4 is 0 Å². The largest absolute Gasteiger partial charge is 0.490 e. The van der Waals surface area contributed by atoms with Crippen LogP contribution in [0.5, 0.6) is 11.5 Å². The number of hydrogen-bond donors (Lipinski definition) is 0. The van der Waals surface area contributed by atoms with Crippen LogP contribution in [0, 0.1) is 52.9 Å². The second-order valence-electron chi connectivity index (χ2n) is 14.0. The summed E-state index contributed by atoms with van der Waals surface area (Å²) >= 11 is 0. The van der Waals surface area contributed by atoms with E-state index in [-0.39, 0.29) is 36.9 Å². The molecular weight excluding hydrogens is 590 g/mol. The van der Waals surface area contributed by atoms with Crippen LogP contribution >= 0.6 is 0 Å². The number of unbranched alkanes of at least 4 members (excludes halogenated alkanes) is 2. The smallest absolute Gasteiger partial charge is 0.400 e. The Labute approximate surface area is 264 Å². The predicted octanol–water partition coefficient (Wildman–Crippen LogP) is 11.8. The van der Waals surface area contributed by atoms with E-state index in [1.165, 1.54) is 64.2 Å². The van der Waals surface area contributed by atoms with E-state index >= 15 is 4.39 Å². The molecule has 3 aliphatic rings. The maximum atomic E-state index is 15.1. The summed E-state index contributed by atoms with van der Waals surface area (Å²) in [6.07, 6.45) is 13.0. The maximum Gasteiger partial charge on any atom is 0.400 e. The van der Waals surface area contributed by atoms with Crippen LogP contribution in [-0.2, 0) is 0 Å². The summed E-state index contributed by atoms with van der Waals surface area (Å²) in [4.78, 5) is 0. The van der Waals surface area contributed by atoms with Gasteiger partial charge in [0.05, 0.1) is 12.5 Å². The highest BCUT2D eigenvalue weighted by molar-refractivity contribution is 5.31. The molecule has 0 N–H and O–H groups in total. The molecule has 2 aromatic carbocycles. The average molecular weight is 639 g/mol. The number of hydrogen-bond acceptors (Lipinski definition) is 2. The molecule has 3 aliphatic carbocycles. The number of alkyl halides is 2. The summed E-state index contributed by atoms with van der Waals surface area (Å²) < 4.78 is 94.9. The van der Waals surface area contributed by atoms with E-state index in [0.29, 0.717) is 30.9 Å². The lowest BCUT2D eigenvalue weighted by molar-refractivity contribution is -0.224. The van der Waals surface area contributed by atoms with Crippen molar-refractivity contribution in [3.8, 4) is 11.5 Å². The molecule has 5 rings (SSSR count). The summed E-state index contributed by atoms with van der Waals surface area (Å²) in [7, 11) is 0. The van der Waals surface area contributed by atoms with Crippen LogP contribution in [0.2, 0.25) is 0 Å². The maximum absolute atomic E-state index is 15.1. The van der Waals surface area contributed by atoms with Crippen LogP contribution in [0.25, 0.3) is 0 Å². The zero-order valence-corrected chi connectivity index (χ0v) is 26.5. The normalized spacial score (nSPS) is 27.7. The van der Waals surface area contributed by atoms with E-state index in [1.807, 2.05) is 6.07 Å². The summed E-state index contributed by atoms with van der Waals surface area (Å²) in [6.45, 7) is 2.49. The molecule has 0 atom stereocenters. The molecule has 0 bridgehead atoms. The van der Waals surface area contributed by atoms with Gasteiger partial charge in [-0.05, 0) is 111 Å². The Kier molecular flexibility index (Phi) is 11.7. The molecule has 2 aromatic rings. The third-order valence-electron chi connectivity index (χ3n) is 11.0. The molecule has 2 nitrogen and oxygen atoms in total. The first-order valence-corrected chi connectivity index (χ1v) is 17.3. The Morgan fingerprint density at radius 1 is 0.689 bits per heavy atom. The van der Waals surface area contributed by atoms with E-state index in [9.17, 15) is 22.0 Å². The Bertz CT molecular complexity index is 1200. The van der Waals surface area contributed by atoms with Gasteiger partial charge in [-0.15, -0.1) is 0 Å². The minimum Gasteiger partial charge on any atom is -0.490 e. The SMILES string of the molecule is CCCCCC1CCC(C2CCC(c3ccc(OCC4CCC(C(F)(F)Oc5cc(F)c(F)c(F)c5)CC4)c(F)c3)CC2)CC1. The zero-order chi connectivity index (χ0) is 32.0. The van der Waals surface area contributed by atoms with Gasteiger partial charge in [0, 0.05) is 12.1 Å². The van der Waals surface area contributed by atoms with Gasteiger partial charge in [0.1, 0.15) is 5.75 Å². The van der Waals surface area contributed by atoms with E-state index in [4.69, 9.17) is 4.74 Å². The standard InChI is InChI=1S/C37H48F6O2/c1-2-3-4-5-24-6-10-26(11-7-24)27-12-14-28(15-13-27)29-16-19-35(32(38)20-29)44-23-25-8-17-30(18-9-25)37(42,43)45-31-21-33(39)36(41)34(40)22-31/h16,19-22,24-28,30H,2-15,17-18,23H2,1H3. The number of halogens is 6. The van der Waals surface area contributed by atoms with E-state index in [2.05, 4.69) is 11.7 Å². The van der Waals surface area contributed by atoms with Gasteiger partial charge in [-0.25, -0.2) is 17.6 Å². The molecule has 3 saturated carbocycles. The Morgan fingerprint density at radius 3 is 1.89 bits per heavy atom. The molecule has 45 heavy (non-hydrogen) atoms. The monoisotopic (exact) mass is 638 g/mol. The minimum atomic E-state index is -3.67. The first-order valence-electron chi connectivity index (χ1n) is 17.3. The molecule has 0 amide bonds. The van der Waals surface area contributed by atoms with Crippen molar-refractivity contribution in [2.45, 2.75) is 122 Å². The predicted molar refractivity (Wildman–Crippen MR) is 164 cm³/mol. The van der Waals surface area contributed by atoms with Crippen molar-refractivity contribution < 1.29 is 35.8 Å². The van der Waals surface area contributed by atoms with Gasteiger partial charge in [0.25, 0.3) is 0 Å². The average Bonchev–Trinajstić information content (AvgIpc) is 3.03. The molecule has 0 heterocycles. The van der Waals surface area contributed by atoms with Crippen molar-refractivity contribution in [2.24, 2.45) is 29.6 Å². The van der Waals surface area contributed by atoms with Crippen LogP contribution in [0.1, 0.15) is 121 Å². The van der Waals surface area contributed by atoms with Gasteiger partial charge in [-0.2, -0.15) is 8.78 Å². The molecule has 0 spiro atoms. The highest BCUT2D eigenvalue weighted by atomic mass is 19.3. The number of benzene rings is 2.